The van der Waals surface area contributed by atoms with Gasteiger partial charge in [0.05, 0.1) is 59.6 Å². The molecule has 0 atom stereocenters. The normalized spacial score (nSPS) is 19.6. The third-order valence-electron chi connectivity index (χ3n) is 7.14. The Balaban J connectivity index is 1.47. The maximum atomic E-state index is 5.02. The van der Waals surface area contributed by atoms with Gasteiger partial charge in [0.25, 0.3) is 5.82 Å². The van der Waals surface area contributed by atoms with Crippen LogP contribution < -0.4 is 4.57 Å². The molecule has 1 N–H and O–H groups in total. The maximum Gasteiger partial charge on any atom is 0.292 e. The van der Waals surface area contributed by atoms with Crippen LogP contribution in [0.5, 0.6) is 0 Å². The molecule has 2 aromatic heterocycles. The summed E-state index contributed by atoms with van der Waals surface area (Å²) in [7, 11) is 8.20. The maximum absolute atomic E-state index is 5.02. The zero-order valence-electron chi connectivity index (χ0n) is 21.7. The lowest BCUT2D eigenvalue weighted by Gasteiger charge is -2.22. The number of aromatic nitrogens is 3. The van der Waals surface area contributed by atoms with Gasteiger partial charge in [-0.2, -0.15) is 0 Å². The standard InChI is InChI=1S/C30H27N8/c1-35-13-14-36(2)29(35)27-23-9-5-19(31-23)17-21-7-11-25(33-21)28(30-37(3)15-16-38(30)4)26-12-8-22(34-26)18-20-6-10-24(27)32-20/h5-18,31H,1-4H3/q+1. The van der Waals surface area contributed by atoms with Crippen molar-refractivity contribution >= 4 is 34.4 Å². The fraction of sp³-hybridized carbons (Fsp3) is 0.133. The molecule has 7 rings (SSSR count). The highest BCUT2D eigenvalue weighted by atomic mass is 15.3. The second kappa shape index (κ2) is 8.27. The first-order chi connectivity index (χ1) is 18.4. The van der Waals surface area contributed by atoms with Crippen LogP contribution in [0.1, 0.15) is 17.2 Å². The highest BCUT2D eigenvalue weighted by Gasteiger charge is 2.28. The third-order valence-corrected chi connectivity index (χ3v) is 7.14. The molecule has 186 valence electrons. The lowest BCUT2D eigenvalue weighted by molar-refractivity contribution is -0.673. The largest absolute Gasteiger partial charge is 0.355 e. The molecule has 0 spiro atoms. The van der Waals surface area contributed by atoms with Gasteiger partial charge in [0, 0.05) is 32.2 Å². The van der Waals surface area contributed by atoms with Gasteiger partial charge in [-0.25, -0.2) is 24.1 Å². The van der Waals surface area contributed by atoms with Gasteiger partial charge >= 0.3 is 0 Å². The first kappa shape index (κ1) is 22.2. The summed E-state index contributed by atoms with van der Waals surface area (Å²) in [6.45, 7) is 0. The molecule has 5 aliphatic rings. The Kier molecular flexibility index (Phi) is 4.84. The molecule has 8 nitrogen and oxygen atoms in total. The smallest absolute Gasteiger partial charge is 0.292 e. The molecule has 0 radical (unpaired) electrons. The van der Waals surface area contributed by atoms with Gasteiger partial charge in [0.15, 0.2) is 0 Å². The summed E-state index contributed by atoms with van der Waals surface area (Å²) < 4.78 is 4.21. The van der Waals surface area contributed by atoms with Crippen molar-refractivity contribution in [1.82, 2.24) is 19.4 Å². The molecular formula is C30H27N8+. The van der Waals surface area contributed by atoms with Crippen LogP contribution in [-0.2, 0) is 14.1 Å². The minimum absolute atomic E-state index is 0.859. The molecule has 0 fully saturated rings. The van der Waals surface area contributed by atoms with Gasteiger partial charge in [-0.3, -0.25) is 0 Å². The van der Waals surface area contributed by atoms with Crippen molar-refractivity contribution in [3.8, 4) is 0 Å². The van der Waals surface area contributed by atoms with Crippen molar-refractivity contribution in [1.29, 1.82) is 0 Å². The molecule has 8 bridgehead atoms. The second-order valence-electron chi connectivity index (χ2n) is 9.82. The zero-order chi connectivity index (χ0) is 26.0. The van der Waals surface area contributed by atoms with Crippen LogP contribution in [0.2, 0.25) is 0 Å². The number of hydrogen-bond acceptors (Lipinski definition) is 5. The quantitative estimate of drug-likeness (QED) is 0.606. The van der Waals surface area contributed by atoms with Crippen LogP contribution in [0.25, 0.3) is 17.2 Å². The van der Waals surface area contributed by atoms with Crippen molar-refractivity contribution in [3.05, 3.63) is 120 Å². The van der Waals surface area contributed by atoms with E-state index in [1.807, 2.05) is 44.7 Å². The molecule has 2 aromatic rings. The average molecular weight is 500 g/mol. The predicted octanol–water partition coefficient (Wildman–Crippen LogP) is 3.88. The van der Waals surface area contributed by atoms with Crippen molar-refractivity contribution in [3.63, 3.8) is 0 Å². The molecule has 38 heavy (non-hydrogen) atoms. The van der Waals surface area contributed by atoms with Crippen molar-refractivity contribution in [2.45, 2.75) is 0 Å². The molecule has 7 heterocycles. The van der Waals surface area contributed by atoms with Crippen molar-refractivity contribution < 1.29 is 4.57 Å². The summed E-state index contributed by atoms with van der Waals surface area (Å²) >= 11 is 0. The Bertz CT molecular complexity index is 1720. The number of rotatable bonds is 1. The van der Waals surface area contributed by atoms with Gasteiger partial charge in [0.2, 0.25) is 0 Å². The summed E-state index contributed by atoms with van der Waals surface area (Å²) in [4.78, 5) is 22.9. The number of fused-ring (bicyclic) bond motifs is 5. The molecule has 0 saturated heterocycles. The van der Waals surface area contributed by atoms with E-state index in [1.165, 1.54) is 0 Å². The number of aliphatic imine (C=N–C) groups is 3. The molecule has 0 aromatic carbocycles. The van der Waals surface area contributed by atoms with Crippen LogP contribution in [0, 0.1) is 0 Å². The van der Waals surface area contributed by atoms with Crippen LogP contribution in [0.15, 0.2) is 117 Å². The molecule has 0 amide bonds. The summed E-state index contributed by atoms with van der Waals surface area (Å²) in [5.41, 5.74) is 9.26. The molecule has 8 heteroatoms. The monoisotopic (exact) mass is 499 g/mol. The fourth-order valence-corrected chi connectivity index (χ4v) is 5.36. The summed E-state index contributed by atoms with van der Waals surface area (Å²) in [6.07, 6.45) is 24.7. The number of hydrogen-bond donors (Lipinski definition) is 1. The summed E-state index contributed by atoms with van der Waals surface area (Å²) in [5.74, 6) is 2.09. The minimum Gasteiger partial charge on any atom is -0.355 e. The van der Waals surface area contributed by atoms with E-state index in [4.69, 9.17) is 15.0 Å². The molecule has 0 aliphatic carbocycles. The molecule has 0 unspecified atom stereocenters. The number of nitrogens with one attached hydrogen (secondary N) is 1. The highest BCUT2D eigenvalue weighted by molar-refractivity contribution is 6.32. The number of imidazole rings is 1. The topological polar surface area (TPSA) is 68.2 Å². The fourth-order valence-electron chi connectivity index (χ4n) is 5.36. The van der Waals surface area contributed by atoms with Gasteiger partial charge in [-0.05, 0) is 60.7 Å². The number of nitrogens with zero attached hydrogens (tertiary/aromatic N) is 7. The van der Waals surface area contributed by atoms with Gasteiger partial charge in [0.1, 0.15) is 23.8 Å². The Morgan fingerprint density at radius 1 is 0.763 bits per heavy atom. The van der Waals surface area contributed by atoms with E-state index < -0.39 is 0 Å². The van der Waals surface area contributed by atoms with Gasteiger partial charge in [-0.15, -0.1) is 0 Å². The van der Waals surface area contributed by atoms with Crippen LogP contribution in [0.4, 0.5) is 0 Å². The Hall–Kier alpha value is -4.98. The highest BCUT2D eigenvalue weighted by Crippen LogP contribution is 2.33. The van der Waals surface area contributed by atoms with E-state index in [9.17, 15) is 0 Å². The van der Waals surface area contributed by atoms with Crippen molar-refractivity contribution in [2.75, 3.05) is 14.1 Å². The first-order valence-corrected chi connectivity index (χ1v) is 12.5. The first-order valence-electron chi connectivity index (χ1n) is 12.5. The number of aromatic amines is 1. The van der Waals surface area contributed by atoms with E-state index in [2.05, 4.69) is 92.9 Å². The Morgan fingerprint density at radius 2 is 1.47 bits per heavy atom. The van der Waals surface area contributed by atoms with Gasteiger partial charge in [-0.1, -0.05) is 0 Å². The number of H-pyrrole nitrogens is 1. The SMILES string of the molecule is CN1C=CN(C)C1=C1C2=NC(=CC3=NC(=C(c4n(C)cc[n+]4C)C4=NC(=Cc5ccc1[nH]5)C=C4)C=C3)C=C2. The Labute approximate surface area is 221 Å². The average Bonchev–Trinajstić information content (AvgIpc) is 3.73. The van der Waals surface area contributed by atoms with Crippen LogP contribution >= 0.6 is 0 Å². The minimum atomic E-state index is 0.859. The zero-order valence-corrected chi connectivity index (χ0v) is 21.7. The van der Waals surface area contributed by atoms with Crippen LogP contribution in [0.3, 0.4) is 0 Å². The van der Waals surface area contributed by atoms with E-state index >= 15 is 0 Å². The van der Waals surface area contributed by atoms with Crippen LogP contribution in [-0.4, -0.2) is 50.6 Å². The predicted molar refractivity (Wildman–Crippen MR) is 152 cm³/mol. The lowest BCUT2D eigenvalue weighted by Crippen LogP contribution is -2.32. The summed E-state index contributed by atoms with van der Waals surface area (Å²) in [5, 5.41) is 0. The second-order valence-corrected chi connectivity index (χ2v) is 9.82. The molecule has 5 aliphatic heterocycles. The van der Waals surface area contributed by atoms with Gasteiger partial charge < -0.3 is 14.8 Å². The number of allylic oxidation sites excluding steroid dienone is 9. The third kappa shape index (κ3) is 3.53. The Morgan fingerprint density at radius 3 is 2.18 bits per heavy atom. The lowest BCUT2D eigenvalue weighted by atomic mass is 10.1. The van der Waals surface area contributed by atoms with E-state index in [1.54, 1.807) is 0 Å². The van der Waals surface area contributed by atoms with E-state index in [0.29, 0.717) is 0 Å². The van der Waals surface area contributed by atoms with Crippen molar-refractivity contribution in [2.24, 2.45) is 29.1 Å². The van der Waals surface area contributed by atoms with E-state index in [0.717, 1.165) is 68.4 Å². The number of aryl methyl sites for hydroxylation is 2. The molecule has 0 saturated carbocycles. The molecular weight excluding hydrogens is 472 g/mol. The van der Waals surface area contributed by atoms with E-state index in [-0.39, 0.29) is 0 Å². The summed E-state index contributed by atoms with van der Waals surface area (Å²) in [6, 6.07) is 4.20.